The van der Waals surface area contributed by atoms with Crippen LogP contribution < -0.4 is 16.6 Å². The number of nitrogens with two attached hydrogens (primary N) is 1. The first-order valence-corrected chi connectivity index (χ1v) is 8.97. The number of thioether (sulfide) groups is 1. The van der Waals surface area contributed by atoms with Gasteiger partial charge in [-0.3, -0.25) is 9.59 Å². The fraction of sp³-hybridized carbons (Fsp3) is 0.353. The van der Waals surface area contributed by atoms with E-state index >= 15 is 0 Å². The largest absolute Gasteiger partial charge is 0.383 e. The van der Waals surface area contributed by atoms with Crippen molar-refractivity contribution in [2.45, 2.75) is 29.4 Å². The van der Waals surface area contributed by atoms with E-state index in [0.717, 1.165) is 36.8 Å². The molecule has 2 unspecified atom stereocenters. The first kappa shape index (κ1) is 17.5. The van der Waals surface area contributed by atoms with Gasteiger partial charge in [0.15, 0.2) is 5.16 Å². The van der Waals surface area contributed by atoms with Crippen LogP contribution in [0.3, 0.4) is 0 Å². The van der Waals surface area contributed by atoms with Crippen LogP contribution in [0.25, 0.3) is 0 Å². The standard InChI is InChI=1S/C17H20N4O3S/c18-13-9-14(22)21-17(20-13)25-15(11-5-2-1-3-6-11)16(23)19-10-12-7-4-8-24-12/h1-3,5-6,9,12,15H,4,7-8,10H2,(H,19,23)(H3,18,20,21,22). The number of hydrogen-bond donors (Lipinski definition) is 3. The number of H-pyrrole nitrogens is 1. The summed E-state index contributed by atoms with van der Waals surface area (Å²) in [4.78, 5) is 31.0. The molecule has 8 heteroatoms. The Kier molecular flexibility index (Phi) is 5.72. The molecule has 0 radical (unpaired) electrons. The third-order valence-corrected chi connectivity index (χ3v) is 4.98. The van der Waals surface area contributed by atoms with E-state index < -0.39 is 5.25 Å². The summed E-state index contributed by atoms with van der Waals surface area (Å²) in [6.45, 7) is 1.22. The number of aromatic nitrogens is 2. The molecule has 25 heavy (non-hydrogen) atoms. The molecule has 132 valence electrons. The molecule has 1 aliphatic heterocycles. The monoisotopic (exact) mass is 360 g/mol. The van der Waals surface area contributed by atoms with Crippen LogP contribution in [-0.4, -0.2) is 35.1 Å². The average molecular weight is 360 g/mol. The molecule has 1 fully saturated rings. The minimum absolute atomic E-state index is 0.0654. The van der Waals surface area contributed by atoms with Crippen molar-refractivity contribution in [3.05, 3.63) is 52.3 Å². The van der Waals surface area contributed by atoms with E-state index in [1.54, 1.807) is 0 Å². The molecule has 2 aromatic rings. The molecule has 0 spiro atoms. The molecule has 2 atom stereocenters. The second-order valence-electron chi connectivity index (χ2n) is 5.76. The van der Waals surface area contributed by atoms with Crippen LogP contribution in [0.5, 0.6) is 0 Å². The Morgan fingerprint density at radius 1 is 1.44 bits per heavy atom. The highest BCUT2D eigenvalue weighted by Gasteiger charge is 2.25. The van der Waals surface area contributed by atoms with E-state index in [1.165, 1.54) is 6.07 Å². The molecule has 1 saturated heterocycles. The predicted molar refractivity (Wildman–Crippen MR) is 96.3 cm³/mol. The van der Waals surface area contributed by atoms with Crippen molar-refractivity contribution in [2.75, 3.05) is 18.9 Å². The van der Waals surface area contributed by atoms with Crippen LogP contribution in [0, 0.1) is 0 Å². The maximum absolute atomic E-state index is 12.7. The van der Waals surface area contributed by atoms with Crippen LogP contribution in [-0.2, 0) is 9.53 Å². The van der Waals surface area contributed by atoms with Crippen LogP contribution >= 0.6 is 11.8 Å². The number of anilines is 1. The first-order chi connectivity index (χ1) is 12.1. The van der Waals surface area contributed by atoms with E-state index in [4.69, 9.17) is 10.5 Å². The van der Waals surface area contributed by atoms with E-state index in [-0.39, 0.29) is 23.4 Å². The number of nitrogen functional groups attached to an aromatic ring is 1. The summed E-state index contributed by atoms with van der Waals surface area (Å²) < 4.78 is 5.54. The van der Waals surface area contributed by atoms with Gasteiger partial charge in [0.1, 0.15) is 11.1 Å². The number of ether oxygens (including phenoxy) is 1. The Morgan fingerprint density at radius 3 is 2.92 bits per heavy atom. The zero-order chi connectivity index (χ0) is 17.6. The number of amides is 1. The summed E-state index contributed by atoms with van der Waals surface area (Å²) in [5.41, 5.74) is 6.11. The molecule has 1 aromatic carbocycles. The van der Waals surface area contributed by atoms with Gasteiger partial charge in [0.2, 0.25) is 5.91 Å². The van der Waals surface area contributed by atoms with Crippen molar-refractivity contribution in [1.82, 2.24) is 15.3 Å². The molecule has 2 heterocycles. The highest BCUT2D eigenvalue weighted by atomic mass is 32.2. The van der Waals surface area contributed by atoms with Gasteiger partial charge in [-0.15, -0.1) is 0 Å². The first-order valence-electron chi connectivity index (χ1n) is 8.09. The van der Waals surface area contributed by atoms with Crippen LogP contribution in [0.4, 0.5) is 5.82 Å². The quantitative estimate of drug-likeness (QED) is 0.532. The van der Waals surface area contributed by atoms with Crippen LogP contribution in [0.15, 0.2) is 46.3 Å². The van der Waals surface area contributed by atoms with Crippen molar-refractivity contribution in [3.63, 3.8) is 0 Å². The number of benzene rings is 1. The van der Waals surface area contributed by atoms with Gasteiger partial charge in [0, 0.05) is 19.2 Å². The molecule has 0 bridgehead atoms. The van der Waals surface area contributed by atoms with Gasteiger partial charge in [-0.1, -0.05) is 42.1 Å². The minimum atomic E-state index is -0.549. The van der Waals surface area contributed by atoms with Gasteiger partial charge in [-0.25, -0.2) is 4.98 Å². The number of hydrogen-bond acceptors (Lipinski definition) is 6. The Hall–Kier alpha value is -2.32. The highest BCUT2D eigenvalue weighted by Crippen LogP contribution is 2.33. The number of nitrogens with zero attached hydrogens (tertiary/aromatic N) is 1. The highest BCUT2D eigenvalue weighted by molar-refractivity contribution is 8.00. The van der Waals surface area contributed by atoms with E-state index in [1.807, 2.05) is 30.3 Å². The lowest BCUT2D eigenvalue weighted by atomic mass is 10.1. The van der Waals surface area contributed by atoms with E-state index in [2.05, 4.69) is 15.3 Å². The van der Waals surface area contributed by atoms with Crippen molar-refractivity contribution in [1.29, 1.82) is 0 Å². The number of nitrogens with one attached hydrogen (secondary N) is 2. The lowest BCUT2D eigenvalue weighted by Crippen LogP contribution is -2.34. The maximum Gasteiger partial charge on any atom is 0.253 e. The van der Waals surface area contributed by atoms with E-state index in [9.17, 15) is 9.59 Å². The molecule has 0 aliphatic carbocycles. The number of carbonyl (C=O) groups is 1. The SMILES string of the molecule is Nc1cc(=O)[nH]c(SC(C(=O)NCC2CCCO2)c2ccccc2)n1. The molecule has 7 nitrogen and oxygen atoms in total. The number of aromatic amines is 1. The zero-order valence-corrected chi connectivity index (χ0v) is 14.4. The summed E-state index contributed by atoms with van der Waals surface area (Å²) in [5.74, 6) is -0.0328. The topological polar surface area (TPSA) is 110 Å². The molecule has 1 aliphatic rings. The Morgan fingerprint density at radius 2 is 2.24 bits per heavy atom. The van der Waals surface area contributed by atoms with Gasteiger partial charge >= 0.3 is 0 Å². The molecular weight excluding hydrogens is 340 g/mol. The summed E-state index contributed by atoms with van der Waals surface area (Å²) >= 11 is 1.16. The molecule has 1 amide bonds. The van der Waals surface area contributed by atoms with Crippen LogP contribution in [0.2, 0.25) is 0 Å². The van der Waals surface area contributed by atoms with E-state index in [0.29, 0.717) is 11.7 Å². The van der Waals surface area contributed by atoms with Gasteiger partial charge in [-0.2, -0.15) is 0 Å². The summed E-state index contributed by atoms with van der Waals surface area (Å²) in [6.07, 6.45) is 2.04. The predicted octanol–water partition coefficient (Wildman–Crippen LogP) is 1.48. The molecule has 4 N–H and O–H groups in total. The molecule has 1 aromatic heterocycles. The minimum Gasteiger partial charge on any atom is -0.383 e. The smallest absolute Gasteiger partial charge is 0.253 e. The van der Waals surface area contributed by atoms with Gasteiger partial charge in [-0.05, 0) is 18.4 Å². The third kappa shape index (κ3) is 4.83. The second-order valence-corrected chi connectivity index (χ2v) is 6.86. The van der Waals surface area contributed by atoms with Gasteiger partial charge in [0.25, 0.3) is 5.56 Å². The lowest BCUT2D eigenvalue weighted by Gasteiger charge is -2.18. The number of rotatable bonds is 6. The Balaban J connectivity index is 1.77. The number of carbonyl (C=O) groups excluding carboxylic acids is 1. The molecule has 3 rings (SSSR count). The van der Waals surface area contributed by atoms with Crippen molar-refractivity contribution < 1.29 is 9.53 Å². The fourth-order valence-corrected chi connectivity index (χ4v) is 3.66. The average Bonchev–Trinajstić information content (AvgIpc) is 3.11. The van der Waals surface area contributed by atoms with Crippen molar-refractivity contribution in [2.24, 2.45) is 0 Å². The van der Waals surface area contributed by atoms with Crippen molar-refractivity contribution in [3.8, 4) is 0 Å². The lowest BCUT2D eigenvalue weighted by molar-refractivity contribution is -0.121. The molecule has 0 saturated carbocycles. The van der Waals surface area contributed by atoms with Crippen LogP contribution in [0.1, 0.15) is 23.7 Å². The Bertz CT molecular complexity index is 775. The van der Waals surface area contributed by atoms with Gasteiger partial charge in [0.05, 0.1) is 6.10 Å². The summed E-state index contributed by atoms with van der Waals surface area (Å²) in [6, 6.07) is 10.6. The second kappa shape index (κ2) is 8.17. The molecular formula is C17H20N4O3S. The Labute approximate surface area is 149 Å². The third-order valence-electron chi connectivity index (χ3n) is 3.84. The summed E-state index contributed by atoms with van der Waals surface area (Å²) in [5, 5.41) is 2.70. The fourth-order valence-electron chi connectivity index (χ4n) is 2.63. The zero-order valence-electron chi connectivity index (χ0n) is 13.6. The maximum atomic E-state index is 12.7. The van der Waals surface area contributed by atoms with Crippen molar-refractivity contribution >= 4 is 23.5 Å². The normalized spacial score (nSPS) is 18.0. The van der Waals surface area contributed by atoms with Gasteiger partial charge < -0.3 is 20.8 Å². The summed E-state index contributed by atoms with van der Waals surface area (Å²) in [7, 11) is 0.